The fourth-order valence-electron chi connectivity index (χ4n) is 0.726. The monoisotopic (exact) mass is 218 g/mol. The molecule has 0 unspecified atom stereocenters. The van der Waals surface area contributed by atoms with E-state index in [1.54, 1.807) is 0 Å². The van der Waals surface area contributed by atoms with Gasteiger partial charge in [-0.2, -0.15) is 22.0 Å². The second kappa shape index (κ2) is 5.95. The topological polar surface area (TPSA) is 9.23 Å². The third kappa shape index (κ3) is 4.55. The molecule has 0 saturated carbocycles. The lowest BCUT2D eigenvalue weighted by molar-refractivity contribution is -0.223. The lowest BCUT2D eigenvalue weighted by Gasteiger charge is -2.13. The molecule has 14 heavy (non-hydrogen) atoms. The minimum Gasteiger partial charge on any atom is -0.315 e. The molecule has 0 rings (SSSR count). The molecule has 0 atom stereocenters. The molecule has 0 aromatic heterocycles. The van der Waals surface area contributed by atoms with Crippen molar-refractivity contribution in [1.29, 1.82) is 0 Å². The van der Waals surface area contributed by atoms with E-state index < -0.39 is 24.6 Å². The summed E-state index contributed by atoms with van der Waals surface area (Å²) >= 11 is 0. The highest BCUT2D eigenvalue weighted by Crippen LogP contribution is 2.30. The minimum atomic E-state index is -4.51. The van der Waals surface area contributed by atoms with Crippen molar-refractivity contribution in [2.75, 3.05) is 6.61 Å². The smallest absolute Gasteiger partial charge is 0.315 e. The number of ether oxygens (including phenoxy) is 1. The average Bonchev–Trinajstić information content (AvgIpc) is 2.11. The minimum absolute atomic E-state index is 0.285. The molecule has 6 heteroatoms. The van der Waals surface area contributed by atoms with Crippen molar-refractivity contribution < 1.29 is 26.7 Å². The van der Waals surface area contributed by atoms with Crippen molar-refractivity contribution in [3.63, 3.8) is 0 Å². The average molecular weight is 218 g/mol. The number of halogens is 5. The standard InChI is InChI=1S/C8H11F5O/c1-2-3-4-5-14-8(12,13)6(9)7(10)11/h2-5H2,1H3. The summed E-state index contributed by atoms with van der Waals surface area (Å²) in [6.07, 6.45) is -5.88. The van der Waals surface area contributed by atoms with Gasteiger partial charge in [-0.25, -0.2) is 0 Å². The Labute approximate surface area is 78.5 Å². The lowest BCUT2D eigenvalue weighted by Crippen LogP contribution is -2.22. The van der Waals surface area contributed by atoms with Gasteiger partial charge in [0.1, 0.15) is 0 Å². The first-order valence-corrected chi connectivity index (χ1v) is 4.14. The quantitative estimate of drug-likeness (QED) is 0.485. The van der Waals surface area contributed by atoms with E-state index in [0.717, 1.165) is 6.42 Å². The molecular weight excluding hydrogens is 207 g/mol. The fourth-order valence-corrected chi connectivity index (χ4v) is 0.726. The molecule has 84 valence electrons. The summed E-state index contributed by atoms with van der Waals surface area (Å²) in [5.74, 6) is -2.81. The number of hydrogen-bond acceptors (Lipinski definition) is 1. The van der Waals surface area contributed by atoms with E-state index in [9.17, 15) is 22.0 Å². The largest absolute Gasteiger partial charge is 0.414 e. The molecule has 0 aliphatic rings. The van der Waals surface area contributed by atoms with Gasteiger partial charge in [0.15, 0.2) is 0 Å². The maximum atomic E-state index is 12.4. The predicted molar refractivity (Wildman–Crippen MR) is 40.8 cm³/mol. The first-order chi connectivity index (χ1) is 6.41. The van der Waals surface area contributed by atoms with Crippen LogP contribution in [0.5, 0.6) is 0 Å². The molecular formula is C8H11F5O. The summed E-state index contributed by atoms with van der Waals surface area (Å²) < 4.78 is 63.4. The van der Waals surface area contributed by atoms with Gasteiger partial charge in [-0.05, 0) is 6.42 Å². The Morgan fingerprint density at radius 2 is 1.71 bits per heavy atom. The Morgan fingerprint density at radius 3 is 2.14 bits per heavy atom. The van der Waals surface area contributed by atoms with Crippen molar-refractivity contribution in [2.45, 2.75) is 32.3 Å². The predicted octanol–water partition coefficient (Wildman–Crippen LogP) is 3.86. The van der Waals surface area contributed by atoms with Crippen molar-refractivity contribution in [3.05, 3.63) is 11.9 Å². The summed E-state index contributed by atoms with van der Waals surface area (Å²) in [6, 6.07) is 0. The molecule has 0 heterocycles. The highest BCUT2D eigenvalue weighted by molar-refractivity contribution is 4.99. The second-order valence-corrected chi connectivity index (χ2v) is 2.65. The summed E-state index contributed by atoms with van der Waals surface area (Å²) in [6.45, 7) is 1.39. The number of rotatable bonds is 6. The summed E-state index contributed by atoms with van der Waals surface area (Å²) in [7, 11) is 0. The molecule has 0 radical (unpaired) electrons. The molecule has 0 saturated heterocycles. The SMILES string of the molecule is CCCCCOC(F)(F)C(F)=C(F)F. The van der Waals surface area contributed by atoms with E-state index in [2.05, 4.69) is 4.74 Å². The van der Waals surface area contributed by atoms with Gasteiger partial charge < -0.3 is 4.74 Å². The van der Waals surface area contributed by atoms with Gasteiger partial charge in [-0.15, -0.1) is 0 Å². The normalized spacial score (nSPS) is 11.6. The van der Waals surface area contributed by atoms with Crippen LogP contribution in [-0.2, 0) is 4.74 Å². The lowest BCUT2D eigenvalue weighted by atomic mass is 10.3. The van der Waals surface area contributed by atoms with Crippen LogP contribution in [0.1, 0.15) is 26.2 Å². The Kier molecular flexibility index (Phi) is 5.68. The van der Waals surface area contributed by atoms with Crippen LogP contribution >= 0.6 is 0 Å². The van der Waals surface area contributed by atoms with Crippen molar-refractivity contribution >= 4 is 0 Å². The van der Waals surface area contributed by atoms with Crippen molar-refractivity contribution in [3.8, 4) is 0 Å². The number of hydrogen-bond donors (Lipinski definition) is 0. The summed E-state index contributed by atoms with van der Waals surface area (Å²) in [4.78, 5) is 0. The maximum Gasteiger partial charge on any atom is 0.414 e. The van der Waals surface area contributed by atoms with Gasteiger partial charge in [-0.3, -0.25) is 0 Å². The summed E-state index contributed by atoms with van der Waals surface area (Å²) in [5.41, 5.74) is 0. The highest BCUT2D eigenvalue weighted by atomic mass is 19.3. The molecule has 0 bridgehead atoms. The first-order valence-electron chi connectivity index (χ1n) is 4.14. The third-order valence-electron chi connectivity index (χ3n) is 1.45. The molecule has 0 N–H and O–H groups in total. The second-order valence-electron chi connectivity index (χ2n) is 2.65. The molecule has 1 nitrogen and oxygen atoms in total. The van der Waals surface area contributed by atoms with Crippen LogP contribution < -0.4 is 0 Å². The molecule has 0 spiro atoms. The van der Waals surface area contributed by atoms with E-state index in [0.29, 0.717) is 6.42 Å². The zero-order valence-corrected chi connectivity index (χ0v) is 7.63. The van der Waals surface area contributed by atoms with Crippen molar-refractivity contribution in [2.24, 2.45) is 0 Å². The van der Waals surface area contributed by atoms with Gasteiger partial charge in [-0.1, -0.05) is 19.8 Å². The number of alkyl halides is 2. The summed E-state index contributed by atoms with van der Waals surface area (Å²) in [5, 5.41) is 0. The molecule has 0 aromatic rings. The van der Waals surface area contributed by atoms with Gasteiger partial charge >= 0.3 is 12.2 Å². The van der Waals surface area contributed by atoms with Crippen LogP contribution in [0, 0.1) is 0 Å². The van der Waals surface area contributed by atoms with Gasteiger partial charge in [0.2, 0.25) is 0 Å². The van der Waals surface area contributed by atoms with Gasteiger partial charge in [0, 0.05) is 0 Å². The Balaban J connectivity index is 4.02. The fraction of sp³-hybridized carbons (Fsp3) is 0.750. The van der Waals surface area contributed by atoms with Crippen LogP contribution in [0.2, 0.25) is 0 Å². The van der Waals surface area contributed by atoms with Crippen LogP contribution in [-0.4, -0.2) is 12.7 Å². The first kappa shape index (κ1) is 13.4. The van der Waals surface area contributed by atoms with Crippen LogP contribution in [0.3, 0.4) is 0 Å². The zero-order chi connectivity index (χ0) is 11.2. The van der Waals surface area contributed by atoms with Gasteiger partial charge in [0.25, 0.3) is 5.83 Å². The molecule has 0 fully saturated rings. The molecule has 0 amide bonds. The van der Waals surface area contributed by atoms with Crippen LogP contribution in [0.4, 0.5) is 22.0 Å². The van der Waals surface area contributed by atoms with Crippen molar-refractivity contribution in [1.82, 2.24) is 0 Å². The molecule has 0 aromatic carbocycles. The van der Waals surface area contributed by atoms with E-state index in [-0.39, 0.29) is 6.42 Å². The molecule has 0 aliphatic carbocycles. The Morgan fingerprint density at radius 1 is 1.14 bits per heavy atom. The Hall–Kier alpha value is -0.650. The Bertz CT molecular complexity index is 198. The van der Waals surface area contributed by atoms with Crippen LogP contribution in [0.15, 0.2) is 11.9 Å². The van der Waals surface area contributed by atoms with E-state index in [1.807, 2.05) is 6.92 Å². The maximum absolute atomic E-state index is 12.4. The third-order valence-corrected chi connectivity index (χ3v) is 1.45. The highest BCUT2D eigenvalue weighted by Gasteiger charge is 2.40. The number of unbranched alkanes of at least 4 members (excludes halogenated alkanes) is 2. The van der Waals surface area contributed by atoms with Crippen LogP contribution in [0.25, 0.3) is 0 Å². The van der Waals surface area contributed by atoms with E-state index in [1.165, 1.54) is 0 Å². The zero-order valence-electron chi connectivity index (χ0n) is 7.63. The van der Waals surface area contributed by atoms with E-state index >= 15 is 0 Å². The van der Waals surface area contributed by atoms with E-state index in [4.69, 9.17) is 0 Å². The molecule has 0 aliphatic heterocycles. The van der Waals surface area contributed by atoms with Gasteiger partial charge in [0.05, 0.1) is 6.61 Å².